The molecule has 0 rings (SSSR count). The molecule has 0 heterocycles. The lowest BCUT2D eigenvalue weighted by atomic mass is 10.0. The van der Waals surface area contributed by atoms with Crippen LogP contribution in [0, 0.1) is 0 Å². The van der Waals surface area contributed by atoms with Crippen molar-refractivity contribution in [1.29, 1.82) is 0 Å². The van der Waals surface area contributed by atoms with Crippen LogP contribution in [0.25, 0.3) is 0 Å². The van der Waals surface area contributed by atoms with Crippen molar-refractivity contribution in [2.75, 3.05) is 47.5 Å². The van der Waals surface area contributed by atoms with Gasteiger partial charge in [0, 0.05) is 12.8 Å². The fourth-order valence-electron chi connectivity index (χ4n) is 6.64. The zero-order valence-corrected chi connectivity index (χ0v) is 37.2. The van der Waals surface area contributed by atoms with Crippen molar-refractivity contribution < 1.29 is 37.3 Å². The minimum atomic E-state index is -4.58. The molecule has 1 N–H and O–H groups in total. The fraction of sp³-hybridized carbons (Fsp3) is 0.955. The first-order valence-electron chi connectivity index (χ1n) is 22.8. The molecule has 0 bridgehead atoms. The molecule has 322 valence electrons. The molecule has 0 aromatic heterocycles. The monoisotopic (exact) mass is 789 g/mol. The van der Waals surface area contributed by atoms with Crippen molar-refractivity contribution in [2.24, 2.45) is 0 Å². The third-order valence-corrected chi connectivity index (χ3v) is 11.2. The van der Waals surface area contributed by atoms with Gasteiger partial charge in [-0.1, -0.05) is 194 Å². The molecule has 54 heavy (non-hydrogen) atoms. The molecule has 0 radical (unpaired) electrons. The fourth-order valence-corrected chi connectivity index (χ4v) is 7.38. The minimum Gasteiger partial charge on any atom is -0.756 e. The first-order chi connectivity index (χ1) is 26.0. The summed E-state index contributed by atoms with van der Waals surface area (Å²) < 4.78 is 28.6. The summed E-state index contributed by atoms with van der Waals surface area (Å²) in [7, 11) is 1.25. The number of nitrogens with one attached hydrogen (secondary N) is 1. The van der Waals surface area contributed by atoms with Crippen molar-refractivity contribution in [3.8, 4) is 0 Å². The molecule has 1 amide bonds. The number of rotatable bonds is 42. The zero-order chi connectivity index (χ0) is 40.0. The molecule has 2 atom stereocenters. The normalized spacial score (nSPS) is 13.5. The first kappa shape index (κ1) is 53.0. The van der Waals surface area contributed by atoms with Crippen molar-refractivity contribution in [1.82, 2.24) is 5.32 Å². The van der Waals surface area contributed by atoms with E-state index in [2.05, 4.69) is 19.2 Å². The molecule has 0 aromatic carbocycles. The Morgan fingerprint density at radius 3 is 1.26 bits per heavy atom. The Labute approximate surface area is 334 Å². The van der Waals surface area contributed by atoms with Gasteiger partial charge in [0.2, 0.25) is 5.91 Å². The quantitative estimate of drug-likeness (QED) is 0.0283. The van der Waals surface area contributed by atoms with Gasteiger partial charge in [-0.3, -0.25) is 14.2 Å². The van der Waals surface area contributed by atoms with Gasteiger partial charge in [0.15, 0.2) is 0 Å². The highest BCUT2D eigenvalue weighted by atomic mass is 31.2. The summed E-state index contributed by atoms with van der Waals surface area (Å²) in [4.78, 5) is 37.7. The summed E-state index contributed by atoms with van der Waals surface area (Å²) in [5, 5.41) is 2.84. The molecule has 0 saturated heterocycles. The summed E-state index contributed by atoms with van der Waals surface area (Å²) in [6, 6.07) is -0.775. The van der Waals surface area contributed by atoms with Crippen LogP contribution >= 0.6 is 7.82 Å². The second-order valence-electron chi connectivity index (χ2n) is 16.9. The third-order valence-electron chi connectivity index (χ3n) is 10.2. The Kier molecular flexibility index (Phi) is 36.9. The summed E-state index contributed by atoms with van der Waals surface area (Å²) >= 11 is 0. The molecule has 0 saturated carbocycles. The van der Waals surface area contributed by atoms with Crippen molar-refractivity contribution in [3.05, 3.63) is 0 Å². The van der Waals surface area contributed by atoms with Crippen LogP contribution in [0.2, 0.25) is 0 Å². The second kappa shape index (κ2) is 37.6. The van der Waals surface area contributed by atoms with E-state index < -0.39 is 13.9 Å². The van der Waals surface area contributed by atoms with Crippen LogP contribution in [0.4, 0.5) is 0 Å². The molecule has 0 aliphatic carbocycles. The van der Waals surface area contributed by atoms with Crippen molar-refractivity contribution in [2.45, 2.75) is 225 Å². The van der Waals surface area contributed by atoms with Crippen LogP contribution in [-0.2, 0) is 27.9 Å². The zero-order valence-electron chi connectivity index (χ0n) is 36.3. The Balaban J connectivity index is 4.30. The number of ether oxygens (including phenoxy) is 1. The molecule has 2 unspecified atom stereocenters. The summed E-state index contributed by atoms with van der Waals surface area (Å²) in [6.45, 7) is 4.53. The van der Waals surface area contributed by atoms with Gasteiger partial charge in [-0.25, -0.2) is 0 Å². The lowest BCUT2D eigenvalue weighted by Crippen LogP contribution is -2.42. The number of hydrogen-bond donors (Lipinski definition) is 1. The average molecular weight is 789 g/mol. The standard InChI is InChI=1S/C44H89N2O7P/c1-6-8-10-12-14-16-18-20-22-24-26-28-30-32-34-36-43(47)45-42(41-53-54(49,50)52-39-38-46(3,4)5)40-51-44(48)37-35-33-31-29-27-25-23-21-19-17-15-13-11-9-7-2/h42H,6-41H2,1-5H3,(H-,45,47,49,50). The van der Waals surface area contributed by atoms with Crippen LogP contribution in [0.15, 0.2) is 0 Å². The van der Waals surface area contributed by atoms with E-state index in [-0.39, 0.29) is 31.7 Å². The number of amides is 1. The smallest absolute Gasteiger partial charge is 0.305 e. The Morgan fingerprint density at radius 1 is 0.537 bits per heavy atom. The number of carbonyl (C=O) groups excluding carboxylic acids is 2. The van der Waals surface area contributed by atoms with E-state index in [9.17, 15) is 19.0 Å². The van der Waals surface area contributed by atoms with E-state index in [4.69, 9.17) is 13.8 Å². The first-order valence-corrected chi connectivity index (χ1v) is 24.3. The van der Waals surface area contributed by atoms with Gasteiger partial charge < -0.3 is 28.5 Å². The molecule has 0 aromatic rings. The second-order valence-corrected chi connectivity index (χ2v) is 18.3. The Bertz CT molecular complexity index is 899. The lowest BCUT2D eigenvalue weighted by Gasteiger charge is -2.28. The van der Waals surface area contributed by atoms with Crippen molar-refractivity contribution in [3.63, 3.8) is 0 Å². The number of quaternary nitrogens is 1. The van der Waals surface area contributed by atoms with Crippen LogP contribution in [-0.4, -0.2) is 69.9 Å². The molecule has 0 spiro atoms. The average Bonchev–Trinajstić information content (AvgIpc) is 3.12. The van der Waals surface area contributed by atoms with Crippen LogP contribution in [0.1, 0.15) is 219 Å². The molecule has 0 aliphatic heterocycles. The number of phosphoric ester groups is 1. The molecule has 0 fully saturated rings. The third kappa shape index (κ3) is 40.7. The van der Waals surface area contributed by atoms with Crippen molar-refractivity contribution >= 4 is 19.7 Å². The van der Waals surface area contributed by atoms with Gasteiger partial charge >= 0.3 is 5.97 Å². The Morgan fingerprint density at radius 2 is 0.889 bits per heavy atom. The maximum absolute atomic E-state index is 12.8. The number of hydrogen-bond acceptors (Lipinski definition) is 7. The maximum atomic E-state index is 12.8. The number of esters is 1. The van der Waals surface area contributed by atoms with E-state index in [1.165, 1.54) is 154 Å². The number of nitrogens with zero attached hydrogens (tertiary/aromatic N) is 1. The highest BCUT2D eigenvalue weighted by molar-refractivity contribution is 7.45. The highest BCUT2D eigenvalue weighted by Gasteiger charge is 2.20. The predicted molar refractivity (Wildman–Crippen MR) is 224 cm³/mol. The van der Waals surface area contributed by atoms with Gasteiger partial charge in [0.25, 0.3) is 7.82 Å². The van der Waals surface area contributed by atoms with Gasteiger partial charge in [0.1, 0.15) is 19.8 Å². The molecular weight excluding hydrogens is 699 g/mol. The Hall–Kier alpha value is -0.990. The largest absolute Gasteiger partial charge is 0.756 e. The number of likely N-dealkylation sites (N-methyl/N-ethyl adjacent to an activating group) is 1. The van der Waals surface area contributed by atoms with Gasteiger partial charge in [-0.05, 0) is 12.8 Å². The summed E-state index contributed by atoms with van der Waals surface area (Å²) in [5.74, 6) is -0.528. The molecule has 9 nitrogen and oxygen atoms in total. The van der Waals surface area contributed by atoms with E-state index in [1.54, 1.807) is 0 Å². The highest BCUT2D eigenvalue weighted by Crippen LogP contribution is 2.38. The van der Waals surface area contributed by atoms with Gasteiger partial charge in [-0.15, -0.1) is 0 Å². The van der Waals surface area contributed by atoms with E-state index in [0.29, 0.717) is 23.9 Å². The molecule has 10 heteroatoms. The lowest BCUT2D eigenvalue weighted by molar-refractivity contribution is -0.870. The van der Waals surface area contributed by atoms with E-state index in [1.807, 2.05) is 21.1 Å². The van der Waals surface area contributed by atoms with Crippen LogP contribution < -0.4 is 10.2 Å². The van der Waals surface area contributed by atoms with Gasteiger partial charge in [-0.2, -0.15) is 0 Å². The van der Waals surface area contributed by atoms with Gasteiger partial charge in [0.05, 0.1) is 33.8 Å². The predicted octanol–water partition coefficient (Wildman–Crippen LogP) is 11.7. The van der Waals surface area contributed by atoms with E-state index >= 15 is 0 Å². The number of phosphoric acid groups is 1. The topological polar surface area (TPSA) is 114 Å². The summed E-state index contributed by atoms with van der Waals surface area (Å²) in [6.07, 6.45) is 38.4. The SMILES string of the molecule is CCCCCCCCCCCCCCCCCC(=O)NC(COC(=O)CCCCCCCCCCCCCCCCC)COP(=O)([O-])OCC[N+](C)(C)C. The molecule has 0 aliphatic rings. The maximum Gasteiger partial charge on any atom is 0.305 e. The van der Waals surface area contributed by atoms with E-state index in [0.717, 1.165) is 38.5 Å². The van der Waals surface area contributed by atoms with Crippen LogP contribution in [0.3, 0.4) is 0 Å². The minimum absolute atomic E-state index is 0.00522. The summed E-state index contributed by atoms with van der Waals surface area (Å²) in [5.41, 5.74) is 0. The number of carbonyl (C=O) groups is 2. The van der Waals surface area contributed by atoms with Crippen LogP contribution in [0.5, 0.6) is 0 Å². The number of unbranched alkanes of at least 4 members (excludes halogenated alkanes) is 28. The molecular formula is C44H89N2O7P.